The maximum Gasteiger partial charge on any atom is 0.119 e. The Morgan fingerprint density at radius 3 is 2.53 bits per heavy atom. The Labute approximate surface area is 115 Å². The van der Waals surface area contributed by atoms with E-state index >= 15 is 0 Å². The van der Waals surface area contributed by atoms with E-state index in [1.165, 1.54) is 31.2 Å². The van der Waals surface area contributed by atoms with Gasteiger partial charge in [0.2, 0.25) is 0 Å². The summed E-state index contributed by atoms with van der Waals surface area (Å²) in [7, 11) is 5.99. The molecule has 0 aliphatic heterocycles. The molecule has 2 rings (SSSR count). The van der Waals surface area contributed by atoms with Crippen molar-refractivity contribution in [3.05, 3.63) is 29.8 Å². The van der Waals surface area contributed by atoms with Crippen molar-refractivity contribution in [1.82, 2.24) is 10.3 Å². The van der Waals surface area contributed by atoms with Crippen LogP contribution in [0.5, 0.6) is 5.75 Å². The lowest BCUT2D eigenvalue weighted by Crippen LogP contribution is -2.53. The molecule has 1 aliphatic rings. The third kappa shape index (κ3) is 2.61. The van der Waals surface area contributed by atoms with E-state index in [-0.39, 0.29) is 11.6 Å². The van der Waals surface area contributed by atoms with E-state index in [9.17, 15) is 0 Å². The number of ether oxygens (including phenoxy) is 1. The number of hydrogen-bond donors (Lipinski definition) is 2. The molecule has 1 saturated carbocycles. The Bertz CT molecular complexity index is 414. The van der Waals surface area contributed by atoms with Crippen LogP contribution in [-0.4, -0.2) is 31.6 Å². The largest absolute Gasteiger partial charge is 0.497 e. The molecule has 0 radical (unpaired) electrons. The second kappa shape index (κ2) is 5.90. The topological polar surface area (TPSA) is 50.5 Å². The number of nitrogens with one attached hydrogen (secondary N) is 1. The minimum absolute atomic E-state index is 0.0983. The number of nitrogens with zero attached hydrogens (tertiary/aromatic N) is 1. The first-order valence-electron chi connectivity index (χ1n) is 6.91. The van der Waals surface area contributed by atoms with Crippen LogP contribution in [0.2, 0.25) is 0 Å². The van der Waals surface area contributed by atoms with Crippen molar-refractivity contribution >= 4 is 0 Å². The summed E-state index contributed by atoms with van der Waals surface area (Å²) in [6, 6.07) is 8.32. The highest BCUT2D eigenvalue weighted by molar-refractivity contribution is 5.33. The van der Waals surface area contributed by atoms with Crippen LogP contribution >= 0.6 is 0 Å². The van der Waals surface area contributed by atoms with Gasteiger partial charge in [-0.15, -0.1) is 0 Å². The smallest absolute Gasteiger partial charge is 0.119 e. The average molecular weight is 263 g/mol. The molecule has 3 N–H and O–H groups in total. The molecule has 106 valence electrons. The molecule has 1 aromatic carbocycles. The van der Waals surface area contributed by atoms with Gasteiger partial charge < -0.3 is 9.64 Å². The van der Waals surface area contributed by atoms with Crippen molar-refractivity contribution in [2.75, 3.05) is 21.2 Å². The van der Waals surface area contributed by atoms with Crippen LogP contribution < -0.4 is 16.0 Å². The standard InChI is InChI=1S/C15H25N3O/c1-18(2)15(9-4-5-10-15)14(17-16)12-7-6-8-13(11-12)19-3/h6-8,11,14,17H,4-5,9-10,16H2,1-3H3. The summed E-state index contributed by atoms with van der Waals surface area (Å²) in [4.78, 5) is 2.32. The van der Waals surface area contributed by atoms with Crippen molar-refractivity contribution in [2.45, 2.75) is 37.3 Å². The van der Waals surface area contributed by atoms with Crippen molar-refractivity contribution in [2.24, 2.45) is 5.84 Å². The second-order valence-corrected chi connectivity index (χ2v) is 5.58. The van der Waals surface area contributed by atoms with Crippen molar-refractivity contribution in [3.63, 3.8) is 0 Å². The van der Waals surface area contributed by atoms with Crippen molar-refractivity contribution in [1.29, 1.82) is 0 Å². The predicted octanol–water partition coefficient (Wildman–Crippen LogP) is 2.07. The predicted molar refractivity (Wildman–Crippen MR) is 77.9 cm³/mol. The molecular formula is C15H25N3O. The highest BCUT2D eigenvalue weighted by Gasteiger charge is 2.43. The van der Waals surface area contributed by atoms with Gasteiger partial charge in [0.25, 0.3) is 0 Å². The van der Waals surface area contributed by atoms with Gasteiger partial charge in [0.05, 0.1) is 13.2 Å². The first-order valence-corrected chi connectivity index (χ1v) is 6.91. The van der Waals surface area contributed by atoms with E-state index in [0.29, 0.717) is 0 Å². The molecule has 1 fully saturated rings. The fourth-order valence-corrected chi connectivity index (χ4v) is 3.36. The molecule has 0 aromatic heterocycles. The van der Waals surface area contributed by atoms with Gasteiger partial charge >= 0.3 is 0 Å². The number of hydrazine groups is 1. The summed E-state index contributed by atoms with van der Waals surface area (Å²) in [6.07, 6.45) is 4.87. The van der Waals surface area contributed by atoms with Gasteiger partial charge in [-0.3, -0.25) is 11.3 Å². The Kier molecular flexibility index (Phi) is 4.45. The Morgan fingerprint density at radius 1 is 1.32 bits per heavy atom. The van der Waals surface area contributed by atoms with Gasteiger partial charge in [-0.25, -0.2) is 0 Å². The molecule has 1 aromatic rings. The first kappa shape index (κ1) is 14.3. The monoisotopic (exact) mass is 263 g/mol. The maximum absolute atomic E-state index is 5.88. The van der Waals surface area contributed by atoms with E-state index < -0.39 is 0 Å². The minimum Gasteiger partial charge on any atom is -0.497 e. The minimum atomic E-state index is 0.0983. The first-order chi connectivity index (χ1) is 9.14. The number of methoxy groups -OCH3 is 1. The van der Waals surface area contributed by atoms with E-state index in [2.05, 4.69) is 36.6 Å². The molecule has 4 heteroatoms. The van der Waals surface area contributed by atoms with E-state index in [1.54, 1.807) is 7.11 Å². The zero-order valence-electron chi connectivity index (χ0n) is 12.1. The SMILES string of the molecule is COc1cccc(C(NN)C2(N(C)C)CCCC2)c1. The van der Waals surface area contributed by atoms with Gasteiger partial charge in [-0.2, -0.15) is 0 Å². The molecule has 19 heavy (non-hydrogen) atoms. The highest BCUT2D eigenvalue weighted by Crippen LogP contribution is 2.43. The zero-order chi connectivity index (χ0) is 13.9. The summed E-state index contributed by atoms with van der Waals surface area (Å²) in [5.41, 5.74) is 4.33. The van der Waals surface area contributed by atoms with E-state index in [0.717, 1.165) is 5.75 Å². The summed E-state index contributed by atoms with van der Waals surface area (Å²) < 4.78 is 5.32. The fourth-order valence-electron chi connectivity index (χ4n) is 3.36. The lowest BCUT2D eigenvalue weighted by atomic mass is 9.83. The lowest BCUT2D eigenvalue weighted by Gasteiger charge is -2.43. The third-order valence-corrected chi connectivity index (χ3v) is 4.49. The summed E-state index contributed by atoms with van der Waals surface area (Å²) in [6.45, 7) is 0. The van der Waals surface area contributed by atoms with Gasteiger partial charge in [0.15, 0.2) is 0 Å². The molecule has 4 nitrogen and oxygen atoms in total. The van der Waals surface area contributed by atoms with Crippen LogP contribution in [0.15, 0.2) is 24.3 Å². The van der Waals surface area contributed by atoms with Crippen LogP contribution in [0.3, 0.4) is 0 Å². The molecule has 0 saturated heterocycles. The maximum atomic E-state index is 5.88. The molecule has 0 spiro atoms. The van der Waals surface area contributed by atoms with Crippen molar-refractivity contribution in [3.8, 4) is 5.75 Å². The molecule has 0 heterocycles. The Balaban J connectivity index is 2.36. The zero-order valence-corrected chi connectivity index (χ0v) is 12.1. The normalized spacial score (nSPS) is 19.6. The van der Waals surface area contributed by atoms with E-state index in [4.69, 9.17) is 10.6 Å². The third-order valence-electron chi connectivity index (χ3n) is 4.49. The highest BCUT2D eigenvalue weighted by atomic mass is 16.5. The summed E-state index contributed by atoms with van der Waals surface area (Å²) >= 11 is 0. The van der Waals surface area contributed by atoms with Gasteiger partial charge in [0, 0.05) is 5.54 Å². The van der Waals surface area contributed by atoms with Crippen LogP contribution in [0.4, 0.5) is 0 Å². The van der Waals surface area contributed by atoms with Crippen LogP contribution in [0.25, 0.3) is 0 Å². The fraction of sp³-hybridized carbons (Fsp3) is 0.600. The quantitative estimate of drug-likeness (QED) is 0.631. The second-order valence-electron chi connectivity index (χ2n) is 5.58. The molecular weight excluding hydrogens is 238 g/mol. The Hall–Kier alpha value is -1.10. The molecule has 0 amide bonds. The number of benzene rings is 1. The van der Waals surface area contributed by atoms with E-state index in [1.807, 2.05) is 12.1 Å². The van der Waals surface area contributed by atoms with Gasteiger partial charge in [0.1, 0.15) is 5.75 Å². The molecule has 1 atom stereocenters. The van der Waals surface area contributed by atoms with Crippen LogP contribution in [0, 0.1) is 0 Å². The van der Waals surface area contributed by atoms with Gasteiger partial charge in [-0.05, 0) is 44.6 Å². The van der Waals surface area contributed by atoms with Crippen LogP contribution in [-0.2, 0) is 0 Å². The van der Waals surface area contributed by atoms with Crippen molar-refractivity contribution < 1.29 is 4.74 Å². The average Bonchev–Trinajstić information content (AvgIpc) is 2.90. The Morgan fingerprint density at radius 2 is 2.00 bits per heavy atom. The van der Waals surface area contributed by atoms with Gasteiger partial charge in [-0.1, -0.05) is 25.0 Å². The molecule has 1 aliphatic carbocycles. The number of likely N-dealkylation sites (N-methyl/N-ethyl adjacent to an activating group) is 1. The number of nitrogens with two attached hydrogens (primary N) is 1. The molecule has 0 bridgehead atoms. The summed E-state index contributed by atoms with van der Waals surface area (Å²) in [5.74, 6) is 6.76. The summed E-state index contributed by atoms with van der Waals surface area (Å²) in [5, 5.41) is 0. The lowest BCUT2D eigenvalue weighted by molar-refractivity contribution is 0.104. The van der Waals surface area contributed by atoms with Crippen LogP contribution in [0.1, 0.15) is 37.3 Å². The molecule has 1 unspecified atom stereocenters. The number of hydrogen-bond acceptors (Lipinski definition) is 4. The number of rotatable bonds is 5.